The third kappa shape index (κ3) is 6.22. The molecule has 0 spiro atoms. The minimum Gasteiger partial charge on any atom is -0.491 e. The molecule has 4 aromatic rings. The first-order valence-electron chi connectivity index (χ1n) is 13.6. The second-order valence-electron chi connectivity index (χ2n) is 9.93. The highest BCUT2D eigenvalue weighted by Gasteiger charge is 2.25. The minimum atomic E-state index is -0.619. The van der Waals surface area contributed by atoms with Crippen LogP contribution in [0.5, 0.6) is 5.75 Å². The highest BCUT2D eigenvalue weighted by Crippen LogP contribution is 2.34. The summed E-state index contributed by atoms with van der Waals surface area (Å²) in [6.07, 6.45) is 7.15. The van der Waals surface area contributed by atoms with Crippen molar-refractivity contribution >= 4 is 40.3 Å². The maximum Gasteiger partial charge on any atom is 0.386 e. The van der Waals surface area contributed by atoms with Crippen molar-refractivity contribution in [3.05, 3.63) is 75.7 Å². The van der Waals surface area contributed by atoms with Crippen LogP contribution in [0.2, 0.25) is 0 Å². The fourth-order valence-corrected chi connectivity index (χ4v) is 4.50. The molecule has 4 N–H and O–H groups in total. The molecular weight excluding hydrogens is 542 g/mol. The molecule has 42 heavy (non-hydrogen) atoms. The van der Waals surface area contributed by atoms with Crippen LogP contribution in [0, 0.1) is 23.0 Å². The number of imidazole rings is 1. The molecule has 1 saturated carbocycles. The summed E-state index contributed by atoms with van der Waals surface area (Å²) < 4.78 is 9.52. The van der Waals surface area contributed by atoms with E-state index in [2.05, 4.69) is 25.7 Å². The lowest BCUT2D eigenvalue weighted by Crippen LogP contribution is -2.20. The van der Waals surface area contributed by atoms with Gasteiger partial charge >= 0.3 is 5.82 Å². The van der Waals surface area contributed by atoms with Gasteiger partial charge in [-0.2, -0.15) is 5.10 Å². The summed E-state index contributed by atoms with van der Waals surface area (Å²) in [5.74, 6) is -0.137. The van der Waals surface area contributed by atoms with E-state index in [1.807, 2.05) is 19.9 Å². The number of ether oxygens (including phenoxy) is 1. The van der Waals surface area contributed by atoms with Gasteiger partial charge in [-0.15, -0.1) is 0 Å². The highest BCUT2D eigenvalue weighted by molar-refractivity contribution is 6.04. The normalized spacial score (nSPS) is 13.0. The molecule has 0 unspecified atom stereocenters. The van der Waals surface area contributed by atoms with Crippen LogP contribution in [-0.2, 0) is 13.1 Å². The Morgan fingerprint density at radius 1 is 1.26 bits per heavy atom. The number of pyridine rings is 1. The Labute approximate surface area is 240 Å². The number of anilines is 2. The first-order chi connectivity index (χ1) is 20.2. The largest absolute Gasteiger partial charge is 0.491 e. The Balaban J connectivity index is 1.47. The molecule has 1 fully saturated rings. The predicted octanol–water partition coefficient (Wildman–Crippen LogP) is 3.67. The van der Waals surface area contributed by atoms with E-state index < -0.39 is 10.8 Å². The number of hydrogen-bond donors (Lipinski definition) is 3. The lowest BCUT2D eigenvalue weighted by atomic mass is 10.1. The lowest BCUT2D eigenvalue weighted by molar-refractivity contribution is -0.388. The number of nitro groups is 1. The van der Waals surface area contributed by atoms with E-state index in [1.54, 1.807) is 45.7 Å². The van der Waals surface area contributed by atoms with E-state index >= 15 is 0 Å². The predicted molar refractivity (Wildman–Crippen MR) is 156 cm³/mol. The van der Waals surface area contributed by atoms with Gasteiger partial charge in [0.05, 0.1) is 17.8 Å². The molecule has 1 aliphatic carbocycles. The summed E-state index contributed by atoms with van der Waals surface area (Å²) in [6.45, 7) is 5.26. The number of allylic oxidation sites excluding steroid dienone is 1. The van der Waals surface area contributed by atoms with Crippen molar-refractivity contribution in [3.63, 3.8) is 0 Å². The topological polar surface area (TPSA) is 185 Å². The maximum atomic E-state index is 13.3. The van der Waals surface area contributed by atoms with Crippen molar-refractivity contribution in [1.82, 2.24) is 24.3 Å². The Morgan fingerprint density at radius 3 is 2.79 bits per heavy atom. The summed E-state index contributed by atoms with van der Waals surface area (Å²) in [7, 11) is 0. The van der Waals surface area contributed by atoms with Crippen LogP contribution >= 0.6 is 0 Å². The zero-order valence-electron chi connectivity index (χ0n) is 23.2. The van der Waals surface area contributed by atoms with Crippen LogP contribution in [0.25, 0.3) is 11.0 Å². The molecule has 1 aromatic carbocycles. The number of aromatic nitrogens is 5. The third-order valence-corrected chi connectivity index (χ3v) is 6.75. The van der Waals surface area contributed by atoms with Crippen LogP contribution in [-0.4, -0.2) is 54.2 Å². The number of amides is 2. The summed E-state index contributed by atoms with van der Waals surface area (Å²) in [4.78, 5) is 44.6. The molecule has 3 aromatic heterocycles. The number of nitrogens with zero attached hydrogens (tertiary/aromatic N) is 6. The van der Waals surface area contributed by atoms with Crippen molar-refractivity contribution in [2.45, 2.75) is 39.8 Å². The molecule has 2 amide bonds. The molecule has 0 radical (unpaired) electrons. The van der Waals surface area contributed by atoms with Gasteiger partial charge < -0.3 is 30.5 Å². The fraction of sp³-hybridized carbons (Fsp3) is 0.321. The summed E-state index contributed by atoms with van der Waals surface area (Å²) in [5, 5.41) is 21.5. The summed E-state index contributed by atoms with van der Waals surface area (Å²) in [5.41, 5.74) is 8.26. The molecule has 218 valence electrons. The molecule has 5 rings (SSSR count). The SMILES string of the molecule is CCn1nc(C)cc1C(=O)Nc1nc2cc(C(N)=O)cc(OCC3CC3)c2n1CC=CCNc1cccnc1[N+](=O)[O-]. The standard InChI is InChI=1S/C28H31N9O5/c1-3-36-22(13-17(2)34-36)27(39)33-28-32-21-14-19(25(29)38)15-23(42-16-18-8-9-18)24(21)35(28)12-5-4-10-30-20-7-6-11-31-26(20)37(40)41/h4-7,11,13-15,18,30H,3,8-10,12,16H2,1-2H3,(H2,29,38)(H,32,33,39). The Kier molecular flexibility index (Phi) is 8.13. The first kappa shape index (κ1) is 28.3. The van der Waals surface area contributed by atoms with Gasteiger partial charge in [-0.25, -0.2) is 4.98 Å². The Morgan fingerprint density at radius 2 is 2.07 bits per heavy atom. The van der Waals surface area contributed by atoms with Gasteiger partial charge in [0.2, 0.25) is 11.9 Å². The van der Waals surface area contributed by atoms with Crippen molar-refractivity contribution in [2.24, 2.45) is 11.7 Å². The zero-order chi connectivity index (χ0) is 29.8. The number of carbonyl (C=O) groups is 2. The second kappa shape index (κ2) is 12.1. The molecule has 0 bridgehead atoms. The van der Waals surface area contributed by atoms with Gasteiger partial charge in [0, 0.05) is 25.2 Å². The molecule has 14 heteroatoms. The quantitative estimate of drug-likeness (QED) is 0.122. The Hall–Kier alpha value is -5.27. The number of nitrogens with two attached hydrogens (primary N) is 1. The molecule has 14 nitrogen and oxygen atoms in total. The number of rotatable bonds is 13. The number of hydrogen-bond acceptors (Lipinski definition) is 9. The lowest BCUT2D eigenvalue weighted by Gasteiger charge is -2.13. The van der Waals surface area contributed by atoms with E-state index in [-0.39, 0.29) is 36.3 Å². The van der Waals surface area contributed by atoms with E-state index in [4.69, 9.17) is 10.5 Å². The van der Waals surface area contributed by atoms with Gasteiger partial charge in [0.1, 0.15) is 28.8 Å². The van der Waals surface area contributed by atoms with Crippen LogP contribution in [0.1, 0.15) is 46.3 Å². The fourth-order valence-electron chi connectivity index (χ4n) is 4.50. The number of fused-ring (bicyclic) bond motifs is 1. The first-order valence-corrected chi connectivity index (χ1v) is 13.6. The van der Waals surface area contributed by atoms with E-state index in [9.17, 15) is 19.7 Å². The molecule has 0 atom stereocenters. The molecule has 1 aliphatic rings. The monoisotopic (exact) mass is 573 g/mol. The summed E-state index contributed by atoms with van der Waals surface area (Å²) >= 11 is 0. The van der Waals surface area contributed by atoms with Crippen molar-refractivity contribution in [2.75, 3.05) is 23.8 Å². The Bertz CT molecular complexity index is 1690. The zero-order valence-corrected chi connectivity index (χ0v) is 23.2. The van der Waals surface area contributed by atoms with E-state index in [0.29, 0.717) is 52.9 Å². The van der Waals surface area contributed by atoms with Gasteiger partial charge in [0.25, 0.3) is 5.91 Å². The smallest absolute Gasteiger partial charge is 0.386 e. The minimum absolute atomic E-state index is 0.244. The third-order valence-electron chi connectivity index (χ3n) is 6.75. The van der Waals surface area contributed by atoms with E-state index in [0.717, 1.165) is 12.8 Å². The number of aryl methyl sites for hydroxylation is 2. The van der Waals surface area contributed by atoms with Crippen LogP contribution in [0.4, 0.5) is 17.5 Å². The van der Waals surface area contributed by atoms with Gasteiger partial charge in [0.15, 0.2) is 0 Å². The van der Waals surface area contributed by atoms with Gasteiger partial charge in [-0.3, -0.25) is 19.6 Å². The molecule has 0 aliphatic heterocycles. The number of primary amides is 1. The number of carbonyl (C=O) groups excluding carboxylic acids is 2. The average molecular weight is 574 g/mol. The van der Waals surface area contributed by atoms with Gasteiger partial charge in [-0.1, -0.05) is 12.2 Å². The summed E-state index contributed by atoms with van der Waals surface area (Å²) in [6, 6.07) is 8.06. The van der Waals surface area contributed by atoms with Crippen molar-refractivity contribution < 1.29 is 19.2 Å². The average Bonchev–Trinajstić information content (AvgIpc) is 3.63. The van der Waals surface area contributed by atoms with Crippen molar-refractivity contribution in [1.29, 1.82) is 0 Å². The van der Waals surface area contributed by atoms with Gasteiger partial charge in [-0.05, 0) is 72.8 Å². The number of benzene rings is 1. The maximum absolute atomic E-state index is 13.3. The molecule has 3 heterocycles. The van der Waals surface area contributed by atoms with Crippen LogP contribution < -0.4 is 21.1 Å². The van der Waals surface area contributed by atoms with Crippen LogP contribution in [0.3, 0.4) is 0 Å². The van der Waals surface area contributed by atoms with E-state index in [1.165, 1.54) is 6.20 Å². The second-order valence-corrected chi connectivity index (χ2v) is 9.93. The highest BCUT2D eigenvalue weighted by atomic mass is 16.6. The molecule has 0 saturated heterocycles. The number of nitrogens with one attached hydrogen (secondary N) is 2. The molecular formula is C28H31N9O5. The van der Waals surface area contributed by atoms with Crippen LogP contribution in [0.15, 0.2) is 48.7 Å². The van der Waals surface area contributed by atoms with Crippen molar-refractivity contribution in [3.8, 4) is 5.75 Å².